The highest BCUT2D eigenvalue weighted by atomic mass is 79.9. The number of H-pyrrole nitrogens is 1. The Morgan fingerprint density at radius 1 is 1.19 bits per heavy atom. The first-order valence-corrected chi connectivity index (χ1v) is 10.4. The molecule has 0 bridgehead atoms. The fraction of sp³-hybridized carbons (Fsp3) is 0.211. The van der Waals surface area contributed by atoms with Crippen molar-refractivity contribution in [1.82, 2.24) is 20.0 Å². The average Bonchev–Trinajstić information content (AvgIpc) is 3.15. The first-order chi connectivity index (χ1) is 13.1. The minimum absolute atomic E-state index is 0.307. The molecule has 0 spiro atoms. The highest BCUT2D eigenvalue weighted by molar-refractivity contribution is 9.10. The molecule has 27 heavy (non-hydrogen) atoms. The molecule has 0 aliphatic carbocycles. The van der Waals surface area contributed by atoms with Gasteiger partial charge in [0.25, 0.3) is 0 Å². The van der Waals surface area contributed by atoms with E-state index in [2.05, 4.69) is 35.9 Å². The van der Waals surface area contributed by atoms with Crippen LogP contribution in [0.1, 0.15) is 6.42 Å². The van der Waals surface area contributed by atoms with Crippen LogP contribution in [0.4, 0.5) is 4.39 Å². The van der Waals surface area contributed by atoms with Crippen molar-refractivity contribution < 1.29 is 4.39 Å². The van der Waals surface area contributed by atoms with Crippen LogP contribution in [0.5, 0.6) is 0 Å². The minimum Gasteiger partial charge on any atom is -0.338 e. The minimum atomic E-state index is -0.307. The van der Waals surface area contributed by atoms with Gasteiger partial charge in [-0.25, -0.2) is 9.37 Å². The largest absolute Gasteiger partial charge is 0.338 e. The van der Waals surface area contributed by atoms with Gasteiger partial charge in [0.15, 0.2) is 0 Å². The number of hydrogen-bond donors (Lipinski definition) is 3. The first-order valence-electron chi connectivity index (χ1n) is 8.43. The van der Waals surface area contributed by atoms with E-state index in [9.17, 15) is 4.39 Å². The van der Waals surface area contributed by atoms with Gasteiger partial charge in [-0.2, -0.15) is 0 Å². The van der Waals surface area contributed by atoms with E-state index in [0.29, 0.717) is 15.3 Å². The lowest BCUT2D eigenvalue weighted by molar-refractivity contribution is 0.621. The third-order valence-corrected chi connectivity index (χ3v) is 5.89. The Bertz CT molecular complexity index is 918. The molecule has 3 N–H and O–H groups in total. The second kappa shape index (κ2) is 9.71. The number of nitrogens with one attached hydrogen (secondary N) is 3. The molecule has 142 valence electrons. The van der Waals surface area contributed by atoms with Gasteiger partial charge in [-0.1, -0.05) is 17.7 Å². The Morgan fingerprint density at radius 2 is 2.00 bits per heavy atom. The van der Waals surface area contributed by atoms with Crippen molar-refractivity contribution in [3.05, 3.63) is 57.9 Å². The number of rotatable bonds is 8. The highest BCUT2D eigenvalue weighted by Crippen LogP contribution is 2.31. The molecule has 3 aromatic rings. The average molecular weight is 470 g/mol. The van der Waals surface area contributed by atoms with Crippen molar-refractivity contribution in [2.24, 2.45) is 0 Å². The van der Waals surface area contributed by atoms with Crippen molar-refractivity contribution in [3.63, 3.8) is 0 Å². The lowest BCUT2D eigenvalue weighted by atomic mass is 10.2. The highest BCUT2D eigenvalue weighted by Gasteiger charge is 2.10. The van der Waals surface area contributed by atoms with Crippen LogP contribution in [0.25, 0.3) is 22.6 Å². The number of halogens is 3. The maximum atomic E-state index is 13.8. The van der Waals surface area contributed by atoms with E-state index in [1.54, 1.807) is 12.3 Å². The maximum Gasteiger partial charge on any atom is 0.138 e. The molecule has 0 aliphatic rings. The molecule has 3 rings (SSSR count). The number of benzene rings is 2. The number of aromatic amines is 1. The standard InChI is InChI=1S/C19H19BrClFN4S/c1-23-7-2-8-25-27-18-10-13(4-6-15(18)21)19-24-11-17(26-19)12-3-5-14(20)16(22)9-12/h3-6,9-11,23,25H,2,7-8H2,1H3,(H,24,26). The molecule has 0 fully saturated rings. The molecule has 0 saturated heterocycles. The van der Waals surface area contributed by atoms with Gasteiger partial charge >= 0.3 is 0 Å². The second-order valence-corrected chi connectivity index (χ2v) is 8.07. The SMILES string of the molecule is CNCCCNSc1cc(-c2ncc(-c3ccc(Br)c(F)c3)[nH]2)ccc1Cl. The molecule has 0 saturated carbocycles. The summed E-state index contributed by atoms with van der Waals surface area (Å²) < 4.78 is 17.5. The van der Waals surface area contributed by atoms with E-state index < -0.39 is 0 Å². The predicted octanol–water partition coefficient (Wildman–Crippen LogP) is 5.50. The van der Waals surface area contributed by atoms with Gasteiger partial charge in [0, 0.05) is 22.6 Å². The number of imidazole rings is 1. The van der Waals surface area contributed by atoms with E-state index in [0.717, 1.165) is 41.2 Å². The summed E-state index contributed by atoms with van der Waals surface area (Å²) >= 11 is 11.0. The molecule has 1 heterocycles. The molecule has 0 unspecified atom stereocenters. The molecule has 2 aromatic carbocycles. The lowest BCUT2D eigenvalue weighted by Crippen LogP contribution is -2.14. The van der Waals surface area contributed by atoms with Crippen LogP contribution >= 0.6 is 39.5 Å². The van der Waals surface area contributed by atoms with Crippen molar-refractivity contribution in [3.8, 4) is 22.6 Å². The number of hydrogen-bond acceptors (Lipinski definition) is 4. The zero-order chi connectivity index (χ0) is 19.2. The Hall–Kier alpha value is -1.38. The van der Waals surface area contributed by atoms with Gasteiger partial charge in [0.2, 0.25) is 0 Å². The molecular formula is C19H19BrClFN4S. The summed E-state index contributed by atoms with van der Waals surface area (Å²) in [6.45, 7) is 1.85. The van der Waals surface area contributed by atoms with Gasteiger partial charge in [0.05, 0.1) is 21.4 Å². The molecule has 8 heteroatoms. The van der Waals surface area contributed by atoms with E-state index >= 15 is 0 Å². The molecule has 4 nitrogen and oxygen atoms in total. The molecular weight excluding hydrogens is 451 g/mol. The van der Waals surface area contributed by atoms with E-state index in [1.807, 2.05) is 31.3 Å². The summed E-state index contributed by atoms with van der Waals surface area (Å²) in [6, 6.07) is 10.8. The number of nitrogens with zero attached hydrogens (tertiary/aromatic N) is 1. The molecule has 0 atom stereocenters. The summed E-state index contributed by atoms with van der Waals surface area (Å²) in [5.41, 5.74) is 2.41. The van der Waals surface area contributed by atoms with Crippen molar-refractivity contribution >= 4 is 39.5 Å². The summed E-state index contributed by atoms with van der Waals surface area (Å²) in [4.78, 5) is 8.62. The van der Waals surface area contributed by atoms with Gasteiger partial charge in [0.1, 0.15) is 11.6 Å². The monoisotopic (exact) mass is 468 g/mol. The summed E-state index contributed by atoms with van der Waals surface area (Å²) in [5, 5.41) is 3.80. The van der Waals surface area contributed by atoms with Crippen LogP contribution in [0.15, 0.2) is 52.0 Å². The normalized spacial score (nSPS) is 11.1. The van der Waals surface area contributed by atoms with Gasteiger partial charge in [-0.15, -0.1) is 0 Å². The van der Waals surface area contributed by atoms with Gasteiger partial charge in [-0.05, 0) is 78.2 Å². The van der Waals surface area contributed by atoms with Crippen molar-refractivity contribution in [2.45, 2.75) is 11.3 Å². The predicted molar refractivity (Wildman–Crippen MR) is 115 cm³/mol. The zero-order valence-corrected chi connectivity index (χ0v) is 17.8. The van der Waals surface area contributed by atoms with Crippen LogP contribution in [0, 0.1) is 5.82 Å². The quantitative estimate of drug-likeness (QED) is 0.301. The Morgan fingerprint density at radius 3 is 2.78 bits per heavy atom. The fourth-order valence-electron chi connectivity index (χ4n) is 2.47. The van der Waals surface area contributed by atoms with E-state index in [-0.39, 0.29) is 5.82 Å². The van der Waals surface area contributed by atoms with Crippen molar-refractivity contribution in [2.75, 3.05) is 20.1 Å². The third kappa shape index (κ3) is 5.33. The summed E-state index contributed by atoms with van der Waals surface area (Å²) in [6.07, 6.45) is 2.74. The Labute approximate surface area is 175 Å². The Kier molecular flexibility index (Phi) is 7.32. The lowest BCUT2D eigenvalue weighted by Gasteiger charge is -2.07. The molecule has 0 aliphatic heterocycles. The van der Waals surface area contributed by atoms with Crippen LogP contribution < -0.4 is 10.0 Å². The van der Waals surface area contributed by atoms with Gasteiger partial charge in [-0.3, -0.25) is 4.72 Å². The summed E-state index contributed by atoms with van der Waals surface area (Å²) in [7, 11) is 1.94. The van der Waals surface area contributed by atoms with Crippen molar-refractivity contribution in [1.29, 1.82) is 0 Å². The summed E-state index contributed by atoms with van der Waals surface area (Å²) in [5.74, 6) is 0.403. The van der Waals surface area contributed by atoms with Gasteiger partial charge < -0.3 is 10.3 Å². The van der Waals surface area contributed by atoms with E-state index in [1.165, 1.54) is 18.0 Å². The zero-order valence-electron chi connectivity index (χ0n) is 14.7. The molecule has 0 amide bonds. The molecule has 1 aromatic heterocycles. The van der Waals surface area contributed by atoms with Crippen LogP contribution in [0.3, 0.4) is 0 Å². The topological polar surface area (TPSA) is 52.7 Å². The van der Waals surface area contributed by atoms with Crippen LogP contribution in [0.2, 0.25) is 5.02 Å². The van der Waals surface area contributed by atoms with E-state index in [4.69, 9.17) is 11.6 Å². The number of aromatic nitrogens is 2. The fourth-order valence-corrected chi connectivity index (χ4v) is 3.71. The smallest absolute Gasteiger partial charge is 0.138 e. The maximum absolute atomic E-state index is 13.8. The first kappa shape index (κ1) is 20.4. The third-order valence-electron chi connectivity index (χ3n) is 3.90. The second-order valence-electron chi connectivity index (χ2n) is 5.87. The van der Waals surface area contributed by atoms with Crippen LogP contribution in [-0.2, 0) is 0 Å². The molecule has 0 radical (unpaired) electrons. The van der Waals surface area contributed by atoms with Crippen LogP contribution in [-0.4, -0.2) is 30.1 Å². The Balaban J connectivity index is 1.75.